The number of hydrogen-bond acceptors (Lipinski definition) is 2. The molecule has 0 saturated carbocycles. The summed E-state index contributed by atoms with van der Waals surface area (Å²) < 4.78 is 0. The molecule has 3 aromatic carbocycles. The van der Waals surface area contributed by atoms with Gasteiger partial charge in [-0.1, -0.05) is 97.9 Å². The molecule has 0 bridgehead atoms. The summed E-state index contributed by atoms with van der Waals surface area (Å²) in [4.78, 5) is 12.4. The molecule has 1 aliphatic rings. The van der Waals surface area contributed by atoms with Crippen LogP contribution >= 0.6 is 0 Å². The number of hydrogen-bond donors (Lipinski definition) is 2. The first-order chi connectivity index (χ1) is 13.3. The Morgan fingerprint density at radius 2 is 1.19 bits per heavy atom. The van der Waals surface area contributed by atoms with Crippen LogP contribution in [0, 0.1) is 0 Å². The number of rotatable bonds is 6. The van der Waals surface area contributed by atoms with Crippen molar-refractivity contribution < 1.29 is 4.79 Å². The van der Waals surface area contributed by atoms with Crippen LogP contribution < -0.4 is 10.6 Å². The first kappa shape index (κ1) is 17.5. The van der Waals surface area contributed by atoms with Crippen LogP contribution in [-0.4, -0.2) is 18.0 Å². The first-order valence-corrected chi connectivity index (χ1v) is 9.50. The number of carbonyl (C=O) groups is 1. The standard InChI is InChI=1S/C24H24N2O/c1-2-21-22(23(27)25-21)26-24(18-12-6-3-7-13-18,19-14-8-4-9-15-19)20-16-10-5-11-17-20/h3-17,21-22,26H,2H2,1H3,(H,25,27)/t21-,22+/m1/s1. The second kappa shape index (κ2) is 7.37. The molecule has 2 atom stereocenters. The lowest BCUT2D eigenvalue weighted by Crippen LogP contribution is -2.71. The molecular weight excluding hydrogens is 332 g/mol. The van der Waals surface area contributed by atoms with Gasteiger partial charge >= 0.3 is 0 Å². The summed E-state index contributed by atoms with van der Waals surface area (Å²) in [7, 11) is 0. The van der Waals surface area contributed by atoms with E-state index in [1.165, 1.54) is 0 Å². The Morgan fingerprint density at radius 1 is 0.778 bits per heavy atom. The van der Waals surface area contributed by atoms with E-state index < -0.39 is 5.54 Å². The van der Waals surface area contributed by atoms with Crippen molar-refractivity contribution >= 4 is 5.91 Å². The molecule has 0 unspecified atom stereocenters. The maximum atomic E-state index is 12.4. The van der Waals surface area contributed by atoms with Gasteiger partial charge in [0.2, 0.25) is 5.91 Å². The third-order valence-electron chi connectivity index (χ3n) is 5.44. The zero-order chi connectivity index (χ0) is 18.7. The van der Waals surface area contributed by atoms with Crippen LogP contribution in [0.5, 0.6) is 0 Å². The Morgan fingerprint density at radius 3 is 1.52 bits per heavy atom. The van der Waals surface area contributed by atoms with Crippen molar-refractivity contribution in [2.24, 2.45) is 0 Å². The molecule has 0 aromatic heterocycles. The van der Waals surface area contributed by atoms with Gasteiger partial charge in [-0.05, 0) is 23.1 Å². The van der Waals surface area contributed by atoms with Crippen molar-refractivity contribution in [3.63, 3.8) is 0 Å². The highest BCUT2D eigenvalue weighted by Crippen LogP contribution is 2.38. The molecule has 1 saturated heterocycles. The van der Waals surface area contributed by atoms with Gasteiger partial charge in [0.1, 0.15) is 6.04 Å². The molecule has 3 heteroatoms. The van der Waals surface area contributed by atoms with Crippen LogP contribution in [0.4, 0.5) is 0 Å². The summed E-state index contributed by atoms with van der Waals surface area (Å²) in [5.74, 6) is 0.0639. The van der Waals surface area contributed by atoms with E-state index in [1.807, 2.05) is 18.2 Å². The first-order valence-electron chi connectivity index (χ1n) is 9.50. The highest BCUT2D eigenvalue weighted by Gasteiger charge is 2.46. The van der Waals surface area contributed by atoms with E-state index in [-0.39, 0.29) is 18.0 Å². The molecule has 0 aliphatic carbocycles. The van der Waals surface area contributed by atoms with E-state index >= 15 is 0 Å². The summed E-state index contributed by atoms with van der Waals surface area (Å²) in [6.07, 6.45) is 0.901. The molecule has 1 fully saturated rings. The van der Waals surface area contributed by atoms with E-state index in [9.17, 15) is 4.79 Å². The highest BCUT2D eigenvalue weighted by atomic mass is 16.2. The maximum absolute atomic E-state index is 12.4. The zero-order valence-electron chi connectivity index (χ0n) is 15.4. The average molecular weight is 356 g/mol. The average Bonchev–Trinajstić information content (AvgIpc) is 2.74. The van der Waals surface area contributed by atoms with E-state index in [4.69, 9.17) is 0 Å². The van der Waals surface area contributed by atoms with E-state index in [0.717, 1.165) is 23.1 Å². The van der Waals surface area contributed by atoms with Crippen molar-refractivity contribution in [3.05, 3.63) is 108 Å². The minimum absolute atomic E-state index is 0.0639. The lowest BCUT2D eigenvalue weighted by Gasteiger charge is -2.45. The van der Waals surface area contributed by atoms with Crippen molar-refractivity contribution in [3.8, 4) is 0 Å². The Hall–Kier alpha value is -2.91. The number of carbonyl (C=O) groups excluding carboxylic acids is 1. The third-order valence-corrected chi connectivity index (χ3v) is 5.44. The van der Waals surface area contributed by atoms with Crippen LogP contribution in [0.25, 0.3) is 0 Å². The number of benzene rings is 3. The van der Waals surface area contributed by atoms with Gasteiger partial charge in [0.15, 0.2) is 0 Å². The molecule has 1 heterocycles. The minimum atomic E-state index is -0.598. The molecule has 4 rings (SSSR count). The van der Waals surface area contributed by atoms with Crippen LogP contribution in [0.2, 0.25) is 0 Å². The number of β-lactam (4-membered cyclic amide) rings is 1. The summed E-state index contributed by atoms with van der Waals surface area (Å²) in [5.41, 5.74) is 2.77. The summed E-state index contributed by atoms with van der Waals surface area (Å²) in [6, 6.07) is 31.1. The molecular formula is C24H24N2O. The Bertz CT molecular complexity index is 797. The zero-order valence-corrected chi connectivity index (χ0v) is 15.4. The van der Waals surface area contributed by atoms with E-state index in [0.29, 0.717) is 0 Å². The second-order valence-electron chi connectivity index (χ2n) is 6.99. The van der Waals surface area contributed by atoms with Crippen molar-refractivity contribution in [1.82, 2.24) is 10.6 Å². The Kier molecular flexibility index (Phi) is 4.78. The molecule has 3 aromatic rings. The smallest absolute Gasteiger partial charge is 0.239 e. The van der Waals surface area contributed by atoms with Gasteiger partial charge in [0, 0.05) is 0 Å². The van der Waals surface area contributed by atoms with Gasteiger partial charge in [0.05, 0.1) is 11.6 Å². The summed E-state index contributed by atoms with van der Waals surface area (Å²) in [5, 5.41) is 6.77. The van der Waals surface area contributed by atoms with E-state index in [2.05, 4.69) is 90.4 Å². The molecule has 0 radical (unpaired) electrons. The molecule has 1 aliphatic heterocycles. The highest BCUT2D eigenvalue weighted by molar-refractivity contribution is 5.89. The Balaban J connectivity index is 1.93. The summed E-state index contributed by atoms with van der Waals surface area (Å²) >= 11 is 0. The van der Waals surface area contributed by atoms with Crippen LogP contribution in [0.15, 0.2) is 91.0 Å². The van der Waals surface area contributed by atoms with Gasteiger partial charge in [-0.25, -0.2) is 0 Å². The van der Waals surface area contributed by atoms with Gasteiger partial charge < -0.3 is 5.32 Å². The van der Waals surface area contributed by atoms with Gasteiger partial charge in [-0.15, -0.1) is 0 Å². The van der Waals surface area contributed by atoms with Crippen LogP contribution in [-0.2, 0) is 10.3 Å². The number of nitrogens with one attached hydrogen (secondary N) is 2. The van der Waals surface area contributed by atoms with Crippen molar-refractivity contribution in [2.45, 2.75) is 31.0 Å². The van der Waals surface area contributed by atoms with Crippen LogP contribution in [0.1, 0.15) is 30.0 Å². The number of amides is 1. The van der Waals surface area contributed by atoms with Gasteiger partial charge in [0.25, 0.3) is 0 Å². The van der Waals surface area contributed by atoms with Gasteiger partial charge in [-0.3, -0.25) is 10.1 Å². The minimum Gasteiger partial charge on any atom is -0.350 e. The molecule has 136 valence electrons. The van der Waals surface area contributed by atoms with E-state index in [1.54, 1.807) is 0 Å². The fraction of sp³-hybridized carbons (Fsp3) is 0.208. The normalized spacial score (nSPS) is 19.2. The van der Waals surface area contributed by atoms with Crippen molar-refractivity contribution in [1.29, 1.82) is 0 Å². The topological polar surface area (TPSA) is 41.1 Å². The van der Waals surface area contributed by atoms with Gasteiger partial charge in [-0.2, -0.15) is 0 Å². The second-order valence-corrected chi connectivity index (χ2v) is 6.99. The molecule has 1 amide bonds. The summed E-state index contributed by atoms with van der Waals surface area (Å²) in [6.45, 7) is 2.11. The molecule has 0 spiro atoms. The fourth-order valence-electron chi connectivity index (χ4n) is 3.99. The quantitative estimate of drug-likeness (QED) is 0.520. The SMILES string of the molecule is CC[C@H]1NC(=O)[C@H]1NC(c1ccccc1)(c1ccccc1)c1ccccc1. The predicted molar refractivity (Wildman–Crippen MR) is 108 cm³/mol. The van der Waals surface area contributed by atoms with Crippen LogP contribution in [0.3, 0.4) is 0 Å². The molecule has 2 N–H and O–H groups in total. The molecule has 3 nitrogen and oxygen atoms in total. The molecule has 27 heavy (non-hydrogen) atoms. The predicted octanol–water partition coefficient (Wildman–Crippen LogP) is 3.85. The lowest BCUT2D eigenvalue weighted by atomic mass is 9.75. The monoisotopic (exact) mass is 356 g/mol. The van der Waals surface area contributed by atoms with Crippen molar-refractivity contribution in [2.75, 3.05) is 0 Å². The lowest BCUT2D eigenvalue weighted by molar-refractivity contribution is -0.132. The Labute approximate surface area is 160 Å². The largest absolute Gasteiger partial charge is 0.350 e. The fourth-order valence-corrected chi connectivity index (χ4v) is 3.99. The maximum Gasteiger partial charge on any atom is 0.239 e. The third kappa shape index (κ3) is 3.04.